The van der Waals surface area contributed by atoms with Crippen molar-refractivity contribution in [3.8, 4) is 0 Å². The van der Waals surface area contributed by atoms with E-state index in [-0.39, 0.29) is 18.5 Å². The first-order valence-corrected chi connectivity index (χ1v) is 8.33. The van der Waals surface area contributed by atoms with Gasteiger partial charge in [-0.3, -0.25) is 10.1 Å². The van der Waals surface area contributed by atoms with E-state index in [0.29, 0.717) is 11.8 Å². The third kappa shape index (κ3) is 6.02. The molecule has 0 aliphatic carbocycles. The predicted molar refractivity (Wildman–Crippen MR) is 92.1 cm³/mol. The quantitative estimate of drug-likeness (QED) is 0.718. The van der Waals surface area contributed by atoms with Gasteiger partial charge in [-0.2, -0.15) is 0 Å². The number of quaternary nitrogens is 1. The third-order valence-corrected chi connectivity index (χ3v) is 4.26. The van der Waals surface area contributed by atoms with Crippen molar-refractivity contribution < 1.29 is 14.9 Å². The Labute approximate surface area is 139 Å². The monoisotopic (exact) mass is 320 g/mol. The van der Waals surface area contributed by atoms with Crippen molar-refractivity contribution in [1.82, 2.24) is 10.6 Å². The van der Waals surface area contributed by atoms with E-state index in [1.807, 2.05) is 5.32 Å². The molecule has 1 aromatic carbocycles. The van der Waals surface area contributed by atoms with Crippen molar-refractivity contribution in [2.75, 3.05) is 13.6 Å². The molecule has 0 radical (unpaired) electrons. The van der Waals surface area contributed by atoms with Gasteiger partial charge in [0.1, 0.15) is 6.04 Å². The van der Waals surface area contributed by atoms with Crippen LogP contribution in [0.3, 0.4) is 0 Å². The van der Waals surface area contributed by atoms with Crippen LogP contribution in [-0.2, 0) is 4.79 Å². The van der Waals surface area contributed by atoms with Crippen LogP contribution in [-0.4, -0.2) is 25.5 Å². The van der Waals surface area contributed by atoms with Crippen LogP contribution >= 0.6 is 0 Å². The fraction of sp³-hybridized carbons (Fsp3) is 0.556. The fourth-order valence-corrected chi connectivity index (χ4v) is 2.55. The van der Waals surface area contributed by atoms with Crippen LogP contribution in [0.4, 0.5) is 4.79 Å². The van der Waals surface area contributed by atoms with Gasteiger partial charge >= 0.3 is 6.03 Å². The normalized spacial score (nSPS) is 13.5. The number of nitrogens with one attached hydrogen (secondary N) is 2. The Kier molecular flexibility index (Phi) is 7.75. The van der Waals surface area contributed by atoms with Gasteiger partial charge in [-0.15, -0.1) is 0 Å². The Hall–Kier alpha value is -1.88. The highest BCUT2D eigenvalue weighted by Crippen LogP contribution is 2.22. The second kappa shape index (κ2) is 9.30. The summed E-state index contributed by atoms with van der Waals surface area (Å²) < 4.78 is 0. The lowest BCUT2D eigenvalue weighted by molar-refractivity contribution is -0.692. The summed E-state index contributed by atoms with van der Waals surface area (Å²) >= 11 is 0. The van der Waals surface area contributed by atoms with E-state index in [2.05, 4.69) is 62.6 Å². The second-order valence-electron chi connectivity index (χ2n) is 6.31. The van der Waals surface area contributed by atoms with Crippen LogP contribution < -0.4 is 16.0 Å². The fourth-order valence-electron chi connectivity index (χ4n) is 2.55. The molecule has 0 unspecified atom stereocenters. The van der Waals surface area contributed by atoms with E-state index in [0.717, 1.165) is 6.42 Å². The Morgan fingerprint density at radius 2 is 1.65 bits per heavy atom. The lowest BCUT2D eigenvalue weighted by Gasteiger charge is -2.20. The van der Waals surface area contributed by atoms with Gasteiger partial charge in [-0.25, -0.2) is 4.79 Å². The van der Waals surface area contributed by atoms with E-state index in [4.69, 9.17) is 0 Å². The highest BCUT2D eigenvalue weighted by atomic mass is 16.2. The number of carbonyl (C=O) groups is 2. The second-order valence-corrected chi connectivity index (χ2v) is 6.31. The summed E-state index contributed by atoms with van der Waals surface area (Å²) in [5.41, 5.74) is 2.55. The SMILES string of the molecule is CC[C@H](C)c1ccc([C@@H]([NH2+]CC(=O)NC(=O)NC)C(C)C)cc1. The zero-order chi connectivity index (χ0) is 17.4. The van der Waals surface area contributed by atoms with Crippen molar-refractivity contribution in [3.05, 3.63) is 35.4 Å². The summed E-state index contributed by atoms with van der Waals surface area (Å²) in [6.07, 6.45) is 1.12. The summed E-state index contributed by atoms with van der Waals surface area (Å²) in [5, 5.41) is 6.65. The van der Waals surface area contributed by atoms with E-state index in [1.165, 1.54) is 18.2 Å². The van der Waals surface area contributed by atoms with E-state index in [1.54, 1.807) is 0 Å². The molecule has 128 valence electrons. The first-order valence-electron chi connectivity index (χ1n) is 8.33. The van der Waals surface area contributed by atoms with E-state index < -0.39 is 6.03 Å². The maximum Gasteiger partial charge on any atom is 0.321 e. The zero-order valence-electron chi connectivity index (χ0n) is 14.8. The first kappa shape index (κ1) is 19.2. The number of benzene rings is 1. The number of amides is 3. The molecule has 5 heteroatoms. The molecule has 5 nitrogen and oxygen atoms in total. The molecule has 23 heavy (non-hydrogen) atoms. The van der Waals surface area contributed by atoms with Gasteiger partial charge in [0, 0.05) is 18.5 Å². The number of hydrogen-bond acceptors (Lipinski definition) is 2. The highest BCUT2D eigenvalue weighted by Gasteiger charge is 2.21. The molecule has 0 spiro atoms. The van der Waals surface area contributed by atoms with E-state index >= 15 is 0 Å². The maximum absolute atomic E-state index is 11.7. The molecule has 0 heterocycles. The van der Waals surface area contributed by atoms with Gasteiger partial charge in [0.25, 0.3) is 5.91 Å². The molecule has 0 fully saturated rings. The number of imide groups is 1. The molecule has 0 aromatic heterocycles. The lowest BCUT2D eigenvalue weighted by Crippen LogP contribution is -2.88. The molecule has 1 rings (SSSR count). The molecule has 1 aromatic rings. The molecular formula is C18H30N3O2+. The van der Waals surface area contributed by atoms with Gasteiger partial charge in [-0.05, 0) is 17.9 Å². The molecule has 0 aliphatic heterocycles. The first-order chi connectivity index (χ1) is 10.9. The van der Waals surface area contributed by atoms with Crippen molar-refractivity contribution >= 4 is 11.9 Å². The highest BCUT2D eigenvalue weighted by molar-refractivity contribution is 5.94. The average Bonchev–Trinajstić information content (AvgIpc) is 2.54. The molecule has 3 amide bonds. The van der Waals surface area contributed by atoms with Gasteiger partial charge in [0.15, 0.2) is 6.54 Å². The number of urea groups is 1. The number of nitrogens with two attached hydrogens (primary N) is 1. The summed E-state index contributed by atoms with van der Waals surface area (Å²) in [6.45, 7) is 8.92. The van der Waals surface area contributed by atoms with Crippen molar-refractivity contribution in [2.24, 2.45) is 5.92 Å². The minimum Gasteiger partial charge on any atom is -0.341 e. The molecule has 0 saturated heterocycles. The van der Waals surface area contributed by atoms with Crippen molar-refractivity contribution in [1.29, 1.82) is 0 Å². The van der Waals surface area contributed by atoms with Crippen LogP contribution in [0, 0.1) is 5.92 Å². The molecule has 0 aliphatic rings. The molecule has 4 N–H and O–H groups in total. The van der Waals surface area contributed by atoms with Gasteiger partial charge in [0.05, 0.1) is 0 Å². The Morgan fingerprint density at radius 1 is 1.09 bits per heavy atom. The Morgan fingerprint density at radius 3 is 2.13 bits per heavy atom. The van der Waals surface area contributed by atoms with Crippen LogP contribution in [0.1, 0.15) is 57.2 Å². The Bertz CT molecular complexity index is 512. The van der Waals surface area contributed by atoms with Crippen molar-refractivity contribution in [3.63, 3.8) is 0 Å². The predicted octanol–water partition coefficient (Wildman–Crippen LogP) is 1.92. The molecule has 0 saturated carbocycles. The summed E-state index contributed by atoms with van der Waals surface area (Å²) in [7, 11) is 1.49. The topological polar surface area (TPSA) is 74.8 Å². The number of hydrogen-bond donors (Lipinski definition) is 3. The maximum atomic E-state index is 11.7. The van der Waals surface area contributed by atoms with Crippen LogP contribution in [0.15, 0.2) is 24.3 Å². The van der Waals surface area contributed by atoms with Crippen LogP contribution in [0.25, 0.3) is 0 Å². The number of rotatable bonds is 7. The van der Waals surface area contributed by atoms with Crippen molar-refractivity contribution in [2.45, 2.75) is 46.1 Å². The van der Waals surface area contributed by atoms with E-state index in [9.17, 15) is 9.59 Å². The minimum absolute atomic E-state index is 0.191. The summed E-state index contributed by atoms with van der Waals surface area (Å²) in [5.74, 6) is 0.660. The molecule has 0 bridgehead atoms. The summed E-state index contributed by atoms with van der Waals surface area (Å²) in [4.78, 5) is 22.9. The summed E-state index contributed by atoms with van der Waals surface area (Å²) in [6, 6.07) is 8.38. The zero-order valence-corrected chi connectivity index (χ0v) is 14.8. The smallest absolute Gasteiger partial charge is 0.321 e. The van der Waals surface area contributed by atoms with Crippen LogP contribution in [0.5, 0.6) is 0 Å². The minimum atomic E-state index is -0.470. The van der Waals surface area contributed by atoms with Crippen LogP contribution in [0.2, 0.25) is 0 Å². The third-order valence-electron chi connectivity index (χ3n) is 4.26. The van der Waals surface area contributed by atoms with Gasteiger partial charge in [-0.1, -0.05) is 52.0 Å². The average molecular weight is 320 g/mol. The Balaban J connectivity index is 2.71. The van der Waals surface area contributed by atoms with Gasteiger partial charge in [0.2, 0.25) is 0 Å². The number of carbonyl (C=O) groups excluding carboxylic acids is 2. The lowest BCUT2D eigenvalue weighted by atomic mass is 9.92. The molecule has 2 atom stereocenters. The standard InChI is InChI=1S/C18H29N3O2/c1-6-13(4)14-7-9-15(10-8-14)17(12(2)3)20-11-16(22)21-18(23)19-5/h7-10,12-13,17,20H,6,11H2,1-5H3,(H2,19,21,22,23)/p+1/t13-,17-/m0/s1. The molecular weight excluding hydrogens is 290 g/mol. The largest absolute Gasteiger partial charge is 0.341 e. The van der Waals surface area contributed by atoms with Gasteiger partial charge < -0.3 is 10.6 Å².